The van der Waals surface area contributed by atoms with E-state index in [9.17, 15) is 14.9 Å². The lowest BCUT2D eigenvalue weighted by Crippen LogP contribution is -2.37. The van der Waals surface area contributed by atoms with Gasteiger partial charge in [-0.25, -0.2) is 4.68 Å². The van der Waals surface area contributed by atoms with Crippen molar-refractivity contribution in [3.63, 3.8) is 0 Å². The number of thiophene rings is 1. The van der Waals surface area contributed by atoms with Crippen LogP contribution in [0.1, 0.15) is 38.9 Å². The number of nitriles is 1. The van der Waals surface area contributed by atoms with Crippen LogP contribution in [-0.2, 0) is 11.3 Å². The van der Waals surface area contributed by atoms with Crippen molar-refractivity contribution in [1.29, 1.82) is 5.26 Å². The molecule has 28 heavy (non-hydrogen) atoms. The van der Waals surface area contributed by atoms with Crippen molar-refractivity contribution in [2.75, 3.05) is 0 Å². The van der Waals surface area contributed by atoms with Crippen molar-refractivity contribution >= 4 is 17.2 Å². The van der Waals surface area contributed by atoms with Gasteiger partial charge in [0.15, 0.2) is 0 Å². The van der Waals surface area contributed by atoms with Crippen LogP contribution in [0.25, 0.3) is 0 Å². The predicted molar refractivity (Wildman–Crippen MR) is 108 cm³/mol. The summed E-state index contributed by atoms with van der Waals surface area (Å²) in [6.45, 7) is 5.15. The first kappa shape index (κ1) is 19.5. The van der Waals surface area contributed by atoms with Crippen LogP contribution in [0.2, 0.25) is 0 Å². The molecule has 3 aromatic rings. The first-order chi connectivity index (χ1) is 13.4. The molecule has 142 valence electrons. The van der Waals surface area contributed by atoms with Crippen LogP contribution >= 0.6 is 11.3 Å². The SMILES string of the molecule is Cc1ccc(C(NC(=O)Cn2nc(C)c(C)c(C#N)c2=O)c2cccs2)cc1. The number of benzene rings is 1. The van der Waals surface area contributed by atoms with E-state index in [0.717, 1.165) is 20.7 Å². The number of carbonyl (C=O) groups excluding carboxylic acids is 1. The molecule has 0 saturated heterocycles. The average molecular weight is 392 g/mol. The number of rotatable bonds is 5. The molecule has 0 fully saturated rings. The third-order valence-corrected chi connectivity index (χ3v) is 5.52. The highest BCUT2D eigenvalue weighted by molar-refractivity contribution is 7.10. The van der Waals surface area contributed by atoms with Crippen molar-refractivity contribution in [3.05, 3.63) is 85.0 Å². The van der Waals surface area contributed by atoms with E-state index < -0.39 is 5.56 Å². The van der Waals surface area contributed by atoms with Gasteiger partial charge in [0.2, 0.25) is 5.91 Å². The second-order valence-corrected chi connectivity index (χ2v) is 7.57. The molecular formula is C21H20N4O2S. The lowest BCUT2D eigenvalue weighted by Gasteiger charge is -2.19. The summed E-state index contributed by atoms with van der Waals surface area (Å²) >= 11 is 1.55. The Kier molecular flexibility index (Phi) is 5.71. The van der Waals surface area contributed by atoms with Crippen LogP contribution in [0.4, 0.5) is 0 Å². The van der Waals surface area contributed by atoms with Gasteiger partial charge >= 0.3 is 0 Å². The summed E-state index contributed by atoms with van der Waals surface area (Å²) in [4.78, 5) is 26.1. The van der Waals surface area contributed by atoms with Crippen LogP contribution < -0.4 is 10.9 Å². The van der Waals surface area contributed by atoms with Gasteiger partial charge < -0.3 is 5.32 Å². The summed E-state index contributed by atoms with van der Waals surface area (Å²) in [7, 11) is 0. The Morgan fingerprint density at radius 2 is 1.96 bits per heavy atom. The summed E-state index contributed by atoms with van der Waals surface area (Å²) in [5.41, 5.74) is 2.66. The van der Waals surface area contributed by atoms with Gasteiger partial charge in [-0.1, -0.05) is 35.9 Å². The molecule has 1 aromatic carbocycles. The Balaban J connectivity index is 1.88. The zero-order chi connectivity index (χ0) is 20.3. The largest absolute Gasteiger partial charge is 0.343 e. The topological polar surface area (TPSA) is 87.8 Å². The Hall–Kier alpha value is -3.24. The van der Waals surface area contributed by atoms with Crippen LogP contribution in [0.15, 0.2) is 46.6 Å². The minimum Gasteiger partial charge on any atom is -0.343 e. The molecule has 6 nitrogen and oxygen atoms in total. The number of carbonyl (C=O) groups is 1. The maximum absolute atomic E-state index is 12.7. The second-order valence-electron chi connectivity index (χ2n) is 6.59. The maximum atomic E-state index is 12.7. The van der Waals surface area contributed by atoms with E-state index in [1.807, 2.05) is 54.8 Å². The molecule has 0 spiro atoms. The molecule has 2 aromatic heterocycles. The second kappa shape index (κ2) is 8.19. The Morgan fingerprint density at radius 3 is 2.57 bits per heavy atom. The van der Waals surface area contributed by atoms with Crippen LogP contribution in [-0.4, -0.2) is 15.7 Å². The fourth-order valence-electron chi connectivity index (χ4n) is 2.89. The Morgan fingerprint density at radius 1 is 1.25 bits per heavy atom. The molecule has 7 heteroatoms. The normalized spacial score (nSPS) is 11.6. The number of nitrogens with zero attached hydrogens (tertiary/aromatic N) is 3. The minimum atomic E-state index is -0.552. The van der Waals surface area contributed by atoms with Gasteiger partial charge in [0.25, 0.3) is 5.56 Å². The van der Waals surface area contributed by atoms with Gasteiger partial charge in [-0.05, 0) is 43.3 Å². The van der Waals surface area contributed by atoms with Gasteiger partial charge in [0.1, 0.15) is 18.2 Å². The van der Waals surface area contributed by atoms with E-state index in [0.29, 0.717) is 11.3 Å². The number of aryl methyl sites for hydroxylation is 2. The maximum Gasteiger partial charge on any atom is 0.285 e. The van der Waals surface area contributed by atoms with Gasteiger partial charge in [-0.3, -0.25) is 9.59 Å². The van der Waals surface area contributed by atoms with Crippen LogP contribution in [0.3, 0.4) is 0 Å². The highest BCUT2D eigenvalue weighted by Gasteiger charge is 2.20. The molecule has 1 unspecified atom stereocenters. The molecule has 0 radical (unpaired) electrons. The first-order valence-corrected chi connectivity index (χ1v) is 9.66. The minimum absolute atomic E-state index is 0.0219. The van der Waals surface area contributed by atoms with Gasteiger partial charge in [-0.15, -0.1) is 11.3 Å². The molecule has 0 bridgehead atoms. The zero-order valence-electron chi connectivity index (χ0n) is 15.9. The van der Waals surface area contributed by atoms with E-state index in [1.165, 1.54) is 0 Å². The lowest BCUT2D eigenvalue weighted by atomic mass is 10.0. The zero-order valence-corrected chi connectivity index (χ0v) is 16.7. The van der Waals surface area contributed by atoms with E-state index in [1.54, 1.807) is 25.2 Å². The van der Waals surface area contributed by atoms with E-state index in [4.69, 9.17) is 0 Å². The van der Waals surface area contributed by atoms with Crippen LogP contribution in [0, 0.1) is 32.1 Å². The summed E-state index contributed by atoms with van der Waals surface area (Å²) in [6.07, 6.45) is 0. The van der Waals surface area contributed by atoms with Crippen molar-refractivity contribution in [2.45, 2.75) is 33.4 Å². The van der Waals surface area contributed by atoms with Crippen molar-refractivity contribution < 1.29 is 4.79 Å². The number of hydrogen-bond donors (Lipinski definition) is 1. The van der Waals surface area contributed by atoms with Crippen molar-refractivity contribution in [2.24, 2.45) is 0 Å². The van der Waals surface area contributed by atoms with Crippen molar-refractivity contribution in [1.82, 2.24) is 15.1 Å². The highest BCUT2D eigenvalue weighted by atomic mass is 32.1. The third kappa shape index (κ3) is 4.02. The standard InChI is InChI=1S/C21H20N4O2S/c1-13-6-8-16(9-7-13)20(18-5-4-10-28-18)23-19(26)12-25-21(27)17(11-22)14(2)15(3)24-25/h4-10,20H,12H2,1-3H3,(H,23,26). The van der Waals surface area contributed by atoms with Gasteiger partial charge in [-0.2, -0.15) is 10.4 Å². The first-order valence-electron chi connectivity index (χ1n) is 8.78. The molecule has 1 atom stereocenters. The Labute approximate surface area is 167 Å². The smallest absolute Gasteiger partial charge is 0.285 e. The summed E-state index contributed by atoms with van der Waals surface area (Å²) in [6, 6.07) is 13.4. The highest BCUT2D eigenvalue weighted by Crippen LogP contribution is 2.26. The number of aromatic nitrogens is 2. The fourth-order valence-corrected chi connectivity index (χ4v) is 3.69. The third-order valence-electron chi connectivity index (χ3n) is 4.59. The van der Waals surface area contributed by atoms with Crippen LogP contribution in [0.5, 0.6) is 0 Å². The average Bonchev–Trinajstić information content (AvgIpc) is 3.20. The van der Waals surface area contributed by atoms with E-state index in [2.05, 4.69) is 10.4 Å². The fraction of sp³-hybridized carbons (Fsp3) is 0.238. The molecule has 3 rings (SSSR count). The monoisotopic (exact) mass is 392 g/mol. The van der Waals surface area contributed by atoms with Gasteiger partial charge in [0.05, 0.1) is 11.7 Å². The molecule has 2 heterocycles. The molecule has 0 aliphatic rings. The number of nitrogens with one attached hydrogen (secondary N) is 1. The molecule has 1 N–H and O–H groups in total. The molecule has 0 aliphatic heterocycles. The Bertz CT molecular complexity index is 1090. The number of amides is 1. The quantitative estimate of drug-likeness (QED) is 0.723. The molecular weight excluding hydrogens is 372 g/mol. The summed E-state index contributed by atoms with van der Waals surface area (Å²) in [5, 5.41) is 18.4. The lowest BCUT2D eigenvalue weighted by molar-refractivity contribution is -0.122. The van der Waals surface area contributed by atoms with E-state index in [-0.39, 0.29) is 24.1 Å². The molecule has 0 saturated carbocycles. The summed E-state index contributed by atoms with van der Waals surface area (Å²) in [5.74, 6) is -0.347. The predicted octanol–water partition coefficient (Wildman–Crippen LogP) is 3.01. The van der Waals surface area contributed by atoms with Gasteiger partial charge in [0, 0.05) is 4.88 Å². The molecule has 0 aliphatic carbocycles. The van der Waals surface area contributed by atoms with Crippen molar-refractivity contribution in [3.8, 4) is 6.07 Å². The van der Waals surface area contributed by atoms with E-state index >= 15 is 0 Å². The number of hydrogen-bond acceptors (Lipinski definition) is 5. The summed E-state index contributed by atoms with van der Waals surface area (Å²) < 4.78 is 1.05. The molecule has 1 amide bonds.